The van der Waals surface area contributed by atoms with Gasteiger partial charge in [-0.25, -0.2) is 0 Å². The summed E-state index contributed by atoms with van der Waals surface area (Å²) in [5.74, 6) is 0.598. The van der Waals surface area contributed by atoms with Crippen LogP contribution < -0.4 is 5.73 Å². The van der Waals surface area contributed by atoms with Gasteiger partial charge in [0.1, 0.15) is 0 Å². The molecule has 0 fully saturated rings. The number of hydrogen-bond acceptors (Lipinski definition) is 2. The zero-order valence-electron chi connectivity index (χ0n) is 7.42. The Morgan fingerprint density at radius 3 is 2.00 bits per heavy atom. The molecule has 2 heteroatoms. The first-order valence-corrected chi connectivity index (χ1v) is 3.91. The Kier molecular flexibility index (Phi) is 4.65. The summed E-state index contributed by atoms with van der Waals surface area (Å²) in [6.07, 6.45) is 0.183. The van der Waals surface area contributed by atoms with Crippen LogP contribution in [-0.4, -0.2) is 18.8 Å². The average Bonchev–Trinajstić information content (AvgIpc) is 1.82. The Hall–Kier alpha value is -0.0800. The lowest BCUT2D eigenvalue weighted by Gasteiger charge is -2.17. The third-order valence-electron chi connectivity index (χ3n) is 1.43. The summed E-state index contributed by atoms with van der Waals surface area (Å²) >= 11 is 0. The molecule has 2 N–H and O–H groups in total. The van der Waals surface area contributed by atoms with Crippen LogP contribution in [0.2, 0.25) is 0 Å². The van der Waals surface area contributed by atoms with E-state index in [0.29, 0.717) is 5.92 Å². The van der Waals surface area contributed by atoms with Crippen LogP contribution in [0.4, 0.5) is 0 Å². The average molecular weight is 145 g/mol. The molecule has 0 aromatic heterocycles. The Labute approximate surface area is 63.7 Å². The van der Waals surface area contributed by atoms with E-state index in [4.69, 9.17) is 10.5 Å². The molecule has 0 rings (SSSR count). The summed E-state index contributed by atoms with van der Waals surface area (Å²) in [6, 6.07) is 0.138. The molecule has 0 saturated heterocycles. The second kappa shape index (κ2) is 4.69. The lowest BCUT2D eigenvalue weighted by molar-refractivity contribution is 0.0353. The van der Waals surface area contributed by atoms with Gasteiger partial charge in [0.2, 0.25) is 0 Å². The molecule has 2 atom stereocenters. The van der Waals surface area contributed by atoms with Crippen molar-refractivity contribution in [3.05, 3.63) is 0 Å². The molecule has 0 aliphatic carbocycles. The van der Waals surface area contributed by atoms with E-state index in [-0.39, 0.29) is 12.1 Å². The van der Waals surface area contributed by atoms with Crippen molar-refractivity contribution >= 4 is 0 Å². The summed E-state index contributed by atoms with van der Waals surface area (Å²) in [6.45, 7) is 9.04. The van der Waals surface area contributed by atoms with Gasteiger partial charge in [-0.1, -0.05) is 13.8 Å². The maximum absolute atomic E-state index is 5.60. The van der Waals surface area contributed by atoms with E-state index in [9.17, 15) is 0 Å². The highest BCUT2D eigenvalue weighted by molar-refractivity contribution is 4.62. The van der Waals surface area contributed by atoms with Crippen molar-refractivity contribution in [2.24, 2.45) is 11.7 Å². The Balaban J connectivity index is 3.30. The molecule has 1 unspecified atom stereocenters. The van der Waals surface area contributed by atoms with Gasteiger partial charge in [0.05, 0.1) is 6.10 Å². The minimum Gasteiger partial charge on any atom is -0.377 e. The highest BCUT2D eigenvalue weighted by Gasteiger charge is 2.07. The minimum absolute atomic E-state index is 0.138. The predicted octanol–water partition coefficient (Wildman–Crippen LogP) is 1.39. The molecular weight excluding hydrogens is 126 g/mol. The monoisotopic (exact) mass is 145 g/mol. The summed E-state index contributed by atoms with van der Waals surface area (Å²) in [5, 5.41) is 0. The van der Waals surface area contributed by atoms with Gasteiger partial charge in [-0.3, -0.25) is 0 Å². The maximum atomic E-state index is 5.60. The van der Waals surface area contributed by atoms with Gasteiger partial charge in [-0.15, -0.1) is 0 Å². The van der Waals surface area contributed by atoms with Crippen LogP contribution in [0.25, 0.3) is 0 Å². The van der Waals surface area contributed by atoms with Gasteiger partial charge < -0.3 is 10.5 Å². The number of nitrogens with two attached hydrogens (primary N) is 1. The molecule has 0 aliphatic heterocycles. The molecule has 10 heavy (non-hydrogen) atoms. The van der Waals surface area contributed by atoms with Crippen molar-refractivity contribution in [3.63, 3.8) is 0 Å². The van der Waals surface area contributed by atoms with Crippen LogP contribution in [0.15, 0.2) is 0 Å². The fraction of sp³-hybridized carbons (Fsp3) is 1.00. The summed E-state index contributed by atoms with van der Waals surface area (Å²) < 4.78 is 5.44. The van der Waals surface area contributed by atoms with E-state index in [1.807, 2.05) is 13.8 Å². The smallest absolute Gasteiger partial charge is 0.0695 e. The molecule has 0 amide bonds. The Morgan fingerprint density at radius 1 is 1.20 bits per heavy atom. The van der Waals surface area contributed by atoms with E-state index < -0.39 is 0 Å². The summed E-state index contributed by atoms with van der Waals surface area (Å²) in [4.78, 5) is 0. The van der Waals surface area contributed by atoms with E-state index in [2.05, 4.69) is 13.8 Å². The Morgan fingerprint density at radius 2 is 1.70 bits per heavy atom. The highest BCUT2D eigenvalue weighted by Crippen LogP contribution is 1.99. The molecule has 0 radical (unpaired) electrons. The van der Waals surface area contributed by atoms with E-state index >= 15 is 0 Å². The van der Waals surface area contributed by atoms with Gasteiger partial charge in [0.25, 0.3) is 0 Å². The molecular formula is C8H19NO. The van der Waals surface area contributed by atoms with E-state index in [1.165, 1.54) is 0 Å². The fourth-order valence-electron chi connectivity index (χ4n) is 0.496. The molecule has 0 aromatic carbocycles. The van der Waals surface area contributed by atoms with Crippen LogP contribution in [-0.2, 0) is 4.74 Å². The molecule has 0 spiro atoms. The van der Waals surface area contributed by atoms with Gasteiger partial charge in [-0.2, -0.15) is 0 Å². The zero-order chi connectivity index (χ0) is 8.15. The topological polar surface area (TPSA) is 35.2 Å². The van der Waals surface area contributed by atoms with Crippen LogP contribution >= 0.6 is 0 Å². The lowest BCUT2D eigenvalue weighted by Crippen LogP contribution is -2.32. The molecule has 0 heterocycles. The molecule has 0 aromatic rings. The quantitative estimate of drug-likeness (QED) is 0.649. The van der Waals surface area contributed by atoms with Crippen LogP contribution in [0.3, 0.4) is 0 Å². The normalized spacial score (nSPS) is 17.4. The first-order valence-electron chi connectivity index (χ1n) is 3.91. The molecule has 0 aliphatic rings. The molecule has 62 valence electrons. The first-order chi connectivity index (χ1) is 4.54. The van der Waals surface area contributed by atoms with Crippen molar-refractivity contribution in [3.8, 4) is 0 Å². The van der Waals surface area contributed by atoms with Crippen molar-refractivity contribution in [2.75, 3.05) is 6.61 Å². The number of rotatable bonds is 4. The molecule has 2 nitrogen and oxygen atoms in total. The van der Waals surface area contributed by atoms with E-state index in [0.717, 1.165) is 6.61 Å². The SMILES string of the molecule is CC(C)COC(C)[C@@H](C)N. The van der Waals surface area contributed by atoms with Gasteiger partial charge in [-0.05, 0) is 19.8 Å². The number of hydrogen-bond donors (Lipinski definition) is 1. The molecule has 0 saturated carbocycles. The van der Waals surface area contributed by atoms with Crippen molar-refractivity contribution < 1.29 is 4.74 Å². The van der Waals surface area contributed by atoms with Crippen LogP contribution in [0.5, 0.6) is 0 Å². The second-order valence-corrected chi connectivity index (χ2v) is 3.29. The maximum Gasteiger partial charge on any atom is 0.0695 e. The summed E-state index contributed by atoms with van der Waals surface area (Å²) in [7, 11) is 0. The first kappa shape index (κ1) is 9.92. The van der Waals surface area contributed by atoms with Gasteiger partial charge in [0.15, 0.2) is 0 Å². The van der Waals surface area contributed by atoms with Crippen LogP contribution in [0.1, 0.15) is 27.7 Å². The second-order valence-electron chi connectivity index (χ2n) is 3.29. The molecule has 0 bridgehead atoms. The van der Waals surface area contributed by atoms with Crippen molar-refractivity contribution in [2.45, 2.75) is 39.8 Å². The fourth-order valence-corrected chi connectivity index (χ4v) is 0.496. The predicted molar refractivity (Wildman–Crippen MR) is 43.9 cm³/mol. The lowest BCUT2D eigenvalue weighted by atomic mass is 10.2. The summed E-state index contributed by atoms with van der Waals surface area (Å²) in [5.41, 5.74) is 5.60. The third-order valence-corrected chi connectivity index (χ3v) is 1.43. The standard InChI is InChI=1S/C8H19NO/c1-6(2)5-10-8(4)7(3)9/h6-8H,5,9H2,1-4H3/t7-,8?/m1/s1. The van der Waals surface area contributed by atoms with Crippen molar-refractivity contribution in [1.29, 1.82) is 0 Å². The number of ether oxygens (including phenoxy) is 1. The van der Waals surface area contributed by atoms with Gasteiger partial charge >= 0.3 is 0 Å². The van der Waals surface area contributed by atoms with E-state index in [1.54, 1.807) is 0 Å². The largest absolute Gasteiger partial charge is 0.377 e. The van der Waals surface area contributed by atoms with Gasteiger partial charge in [0, 0.05) is 12.6 Å². The van der Waals surface area contributed by atoms with Crippen LogP contribution in [0, 0.1) is 5.92 Å². The zero-order valence-corrected chi connectivity index (χ0v) is 7.42. The minimum atomic E-state index is 0.138. The van der Waals surface area contributed by atoms with Crippen molar-refractivity contribution in [1.82, 2.24) is 0 Å². The third kappa shape index (κ3) is 4.77. The Bertz CT molecular complexity index is 81.3. The highest BCUT2D eigenvalue weighted by atomic mass is 16.5.